The molecule has 1 fully saturated rings. The summed E-state index contributed by atoms with van der Waals surface area (Å²) in [6.45, 7) is 10.7. The third-order valence-electron chi connectivity index (χ3n) is 4.33. The van der Waals surface area contributed by atoms with Gasteiger partial charge in [-0.05, 0) is 46.0 Å². The molecule has 0 aliphatic carbocycles. The molecule has 0 spiro atoms. The van der Waals surface area contributed by atoms with Gasteiger partial charge >= 0.3 is 6.09 Å². The van der Waals surface area contributed by atoms with Crippen molar-refractivity contribution in [1.82, 2.24) is 4.90 Å². The molecule has 138 valence electrons. The molecule has 1 saturated heterocycles. The highest BCUT2D eigenvalue weighted by atomic mass is 16.7. The molecular formula is C18H31NO5. The maximum absolute atomic E-state index is 12.4. The molecule has 2 heterocycles. The first kappa shape index (κ1) is 18.9. The van der Waals surface area contributed by atoms with Crippen LogP contribution < -0.4 is 0 Å². The molecule has 6 heteroatoms. The number of rotatable bonds is 4. The average Bonchev–Trinajstić information content (AvgIpc) is 2.83. The van der Waals surface area contributed by atoms with Crippen LogP contribution in [0.15, 0.2) is 12.0 Å². The van der Waals surface area contributed by atoms with Crippen molar-refractivity contribution in [3.63, 3.8) is 0 Å². The third-order valence-corrected chi connectivity index (χ3v) is 4.33. The fraction of sp³-hybridized carbons (Fsp3) is 0.833. The lowest BCUT2D eigenvalue weighted by molar-refractivity contribution is -0.124. The Kier molecular flexibility index (Phi) is 5.68. The van der Waals surface area contributed by atoms with E-state index >= 15 is 0 Å². The molecule has 6 nitrogen and oxygen atoms in total. The number of nitrogens with zero attached hydrogens (tertiary/aromatic N) is 1. The number of likely N-dealkylation sites (tertiary alicyclic amines) is 1. The lowest BCUT2D eigenvalue weighted by atomic mass is 9.81. The van der Waals surface area contributed by atoms with Gasteiger partial charge in [0.25, 0.3) is 0 Å². The molecule has 0 aromatic heterocycles. The van der Waals surface area contributed by atoms with Crippen molar-refractivity contribution in [3.8, 4) is 0 Å². The highest BCUT2D eigenvalue weighted by Crippen LogP contribution is 2.38. The van der Waals surface area contributed by atoms with Crippen molar-refractivity contribution in [1.29, 1.82) is 0 Å². The molecule has 2 aliphatic rings. The van der Waals surface area contributed by atoms with E-state index in [0.717, 1.165) is 25.0 Å². The number of ether oxygens (including phenoxy) is 3. The Morgan fingerprint density at radius 1 is 1.46 bits per heavy atom. The molecule has 2 aliphatic heterocycles. The third kappa shape index (κ3) is 5.03. The summed E-state index contributed by atoms with van der Waals surface area (Å²) in [6.07, 6.45) is 3.92. The van der Waals surface area contributed by atoms with E-state index in [4.69, 9.17) is 19.3 Å². The second-order valence-electron chi connectivity index (χ2n) is 8.09. The van der Waals surface area contributed by atoms with E-state index in [1.54, 1.807) is 11.2 Å². The van der Waals surface area contributed by atoms with Crippen molar-refractivity contribution in [2.45, 2.75) is 65.3 Å². The van der Waals surface area contributed by atoms with E-state index in [0.29, 0.717) is 19.0 Å². The van der Waals surface area contributed by atoms with Crippen LogP contribution in [0.3, 0.4) is 0 Å². The van der Waals surface area contributed by atoms with Gasteiger partial charge in [-0.25, -0.2) is 4.79 Å². The normalized spacial score (nSPS) is 26.4. The fourth-order valence-electron chi connectivity index (χ4n) is 3.21. The molecule has 1 amide bonds. The first-order valence-corrected chi connectivity index (χ1v) is 8.77. The Morgan fingerprint density at radius 3 is 2.71 bits per heavy atom. The Hall–Kier alpha value is -1.43. The van der Waals surface area contributed by atoms with Crippen molar-refractivity contribution < 1.29 is 24.1 Å². The summed E-state index contributed by atoms with van der Waals surface area (Å²) < 4.78 is 17.0. The minimum Gasteiger partial charge on any atom is -0.457 e. The predicted molar refractivity (Wildman–Crippen MR) is 90.1 cm³/mol. The van der Waals surface area contributed by atoms with Crippen LogP contribution in [0, 0.1) is 11.8 Å². The Bertz CT molecular complexity index is 480. The van der Waals surface area contributed by atoms with Crippen LogP contribution in [-0.4, -0.2) is 47.2 Å². The van der Waals surface area contributed by atoms with Crippen molar-refractivity contribution in [2.75, 3.05) is 19.7 Å². The van der Waals surface area contributed by atoms with Gasteiger partial charge in [-0.3, -0.25) is 0 Å². The molecule has 0 unspecified atom stereocenters. The number of piperidine rings is 1. The van der Waals surface area contributed by atoms with E-state index in [1.807, 2.05) is 34.6 Å². The number of hydrogen-bond acceptors (Lipinski definition) is 5. The Balaban J connectivity index is 2.07. The fourth-order valence-corrected chi connectivity index (χ4v) is 3.21. The molecule has 1 N–H and O–H groups in total. The zero-order chi connectivity index (χ0) is 18.0. The minimum atomic E-state index is -0.662. The van der Waals surface area contributed by atoms with Crippen molar-refractivity contribution >= 4 is 6.09 Å². The zero-order valence-corrected chi connectivity index (χ0v) is 15.5. The molecule has 0 aromatic rings. The van der Waals surface area contributed by atoms with Crippen molar-refractivity contribution in [3.05, 3.63) is 12.0 Å². The quantitative estimate of drug-likeness (QED) is 0.850. The predicted octanol–water partition coefficient (Wildman–Crippen LogP) is 3.26. The highest BCUT2D eigenvalue weighted by Gasteiger charge is 2.40. The number of aliphatic hydroxyl groups is 1. The standard InChI is InChI=1S/C18H31NO5/c1-17(2,3)24-16(21)19-9-8-13(7-6-10-20)14(11-19)15-12-22-18(4,5)23-15/h12-14,20H,6-11H2,1-5H3/t13-,14+/m1/s1. The lowest BCUT2D eigenvalue weighted by Gasteiger charge is -2.39. The van der Waals surface area contributed by atoms with Gasteiger partial charge in [0.2, 0.25) is 5.79 Å². The van der Waals surface area contributed by atoms with E-state index in [-0.39, 0.29) is 18.6 Å². The van der Waals surface area contributed by atoms with Gasteiger partial charge in [0.05, 0.1) is 0 Å². The summed E-state index contributed by atoms with van der Waals surface area (Å²) in [6, 6.07) is 0. The smallest absolute Gasteiger partial charge is 0.410 e. The largest absolute Gasteiger partial charge is 0.457 e. The molecule has 2 rings (SSSR count). The number of hydrogen-bond donors (Lipinski definition) is 1. The van der Waals surface area contributed by atoms with Gasteiger partial charge in [0.1, 0.15) is 17.6 Å². The van der Waals surface area contributed by atoms with Crippen molar-refractivity contribution in [2.24, 2.45) is 11.8 Å². The monoisotopic (exact) mass is 341 g/mol. The molecular weight excluding hydrogens is 310 g/mol. The molecule has 0 saturated carbocycles. The number of carbonyl (C=O) groups is 1. The summed E-state index contributed by atoms with van der Waals surface area (Å²) in [7, 11) is 0. The molecule has 0 aromatic carbocycles. The van der Waals surface area contributed by atoms with Crippen LogP contribution >= 0.6 is 0 Å². The topological polar surface area (TPSA) is 68.2 Å². The van der Waals surface area contributed by atoms with Crippen LogP contribution in [-0.2, 0) is 14.2 Å². The summed E-state index contributed by atoms with van der Waals surface area (Å²) in [5, 5.41) is 9.14. The Labute approximate surface area is 144 Å². The van der Waals surface area contributed by atoms with E-state index in [1.165, 1.54) is 0 Å². The summed E-state index contributed by atoms with van der Waals surface area (Å²) in [5.74, 6) is 0.556. The maximum atomic E-state index is 12.4. The first-order valence-electron chi connectivity index (χ1n) is 8.77. The van der Waals surface area contributed by atoms with E-state index < -0.39 is 11.4 Å². The van der Waals surface area contributed by atoms with Crippen LogP contribution in [0.2, 0.25) is 0 Å². The van der Waals surface area contributed by atoms with Gasteiger partial charge in [0, 0.05) is 39.5 Å². The minimum absolute atomic E-state index is 0.0691. The Morgan fingerprint density at radius 2 is 2.17 bits per heavy atom. The maximum Gasteiger partial charge on any atom is 0.410 e. The SMILES string of the molecule is CC(C)(C)OC(=O)N1CC[C@@H](CCCO)[C@@H](C2=COC(C)(C)O2)C1. The number of aliphatic hydroxyl groups excluding tert-OH is 1. The second-order valence-corrected chi connectivity index (χ2v) is 8.09. The van der Waals surface area contributed by atoms with E-state index in [9.17, 15) is 4.79 Å². The average molecular weight is 341 g/mol. The van der Waals surface area contributed by atoms with Gasteiger partial charge in [-0.2, -0.15) is 0 Å². The summed E-state index contributed by atoms with van der Waals surface area (Å²) in [4.78, 5) is 14.1. The van der Waals surface area contributed by atoms with Gasteiger partial charge in [-0.15, -0.1) is 0 Å². The molecule has 0 radical (unpaired) electrons. The number of amides is 1. The van der Waals surface area contributed by atoms with Gasteiger partial charge < -0.3 is 24.2 Å². The molecule has 2 atom stereocenters. The van der Waals surface area contributed by atoms with Crippen LogP contribution in [0.4, 0.5) is 4.79 Å². The van der Waals surface area contributed by atoms with Crippen LogP contribution in [0.25, 0.3) is 0 Å². The summed E-state index contributed by atoms with van der Waals surface area (Å²) >= 11 is 0. The molecule has 24 heavy (non-hydrogen) atoms. The zero-order valence-electron chi connectivity index (χ0n) is 15.5. The van der Waals surface area contributed by atoms with Gasteiger partial charge in [0.15, 0.2) is 0 Å². The van der Waals surface area contributed by atoms with Crippen LogP contribution in [0.5, 0.6) is 0 Å². The van der Waals surface area contributed by atoms with E-state index in [2.05, 4.69) is 0 Å². The highest BCUT2D eigenvalue weighted by molar-refractivity contribution is 5.68. The second kappa shape index (κ2) is 7.21. The number of carbonyl (C=O) groups excluding carboxylic acids is 1. The lowest BCUT2D eigenvalue weighted by Crippen LogP contribution is -2.46. The summed E-state index contributed by atoms with van der Waals surface area (Å²) in [5.41, 5.74) is -0.505. The van der Waals surface area contributed by atoms with Gasteiger partial charge in [-0.1, -0.05) is 0 Å². The van der Waals surface area contributed by atoms with Crippen LogP contribution in [0.1, 0.15) is 53.9 Å². The molecule has 0 bridgehead atoms. The first-order chi connectivity index (χ1) is 11.1.